The lowest BCUT2D eigenvalue weighted by molar-refractivity contribution is -0.384. The van der Waals surface area contributed by atoms with Crippen molar-refractivity contribution in [3.8, 4) is 5.69 Å². The Kier molecular flexibility index (Phi) is 2.97. The molecule has 7 nitrogen and oxygen atoms in total. The Hall–Kier alpha value is -2.70. The Morgan fingerprint density at radius 1 is 1.43 bits per heavy atom. The number of aromatic carboxylic acids is 1. The SMILES string of the molecule is Cc1ccc([N+](=O)[O-])cc1-n1nc(C(=O)O)cc1C1CC1. The number of carboxylic acids is 1. The van der Waals surface area contributed by atoms with Crippen LogP contribution in [0.25, 0.3) is 5.69 Å². The fourth-order valence-corrected chi connectivity index (χ4v) is 2.30. The van der Waals surface area contributed by atoms with E-state index in [0.717, 1.165) is 24.1 Å². The summed E-state index contributed by atoms with van der Waals surface area (Å²) < 4.78 is 1.53. The molecule has 1 aliphatic rings. The summed E-state index contributed by atoms with van der Waals surface area (Å²) in [5.41, 5.74) is 2.09. The van der Waals surface area contributed by atoms with Gasteiger partial charge in [-0.1, -0.05) is 6.07 Å². The molecular weight excluding hydrogens is 274 g/mol. The molecule has 0 radical (unpaired) electrons. The number of carbonyl (C=O) groups is 1. The normalized spacial score (nSPS) is 14.1. The predicted molar refractivity (Wildman–Crippen MR) is 73.9 cm³/mol. The Balaban J connectivity index is 2.17. The number of nitro groups is 1. The maximum atomic E-state index is 11.1. The molecule has 3 rings (SSSR count). The molecule has 7 heteroatoms. The van der Waals surface area contributed by atoms with Crippen LogP contribution in [0.1, 0.15) is 40.5 Å². The topological polar surface area (TPSA) is 98.3 Å². The Labute approximate surface area is 120 Å². The van der Waals surface area contributed by atoms with Gasteiger partial charge in [0.2, 0.25) is 0 Å². The number of nitrogens with zero attached hydrogens (tertiary/aromatic N) is 3. The number of benzene rings is 1. The summed E-state index contributed by atoms with van der Waals surface area (Å²) in [6.45, 7) is 1.82. The number of rotatable bonds is 4. The first-order chi connectivity index (χ1) is 9.97. The van der Waals surface area contributed by atoms with E-state index >= 15 is 0 Å². The second-order valence-corrected chi connectivity index (χ2v) is 5.17. The Bertz CT molecular complexity index is 747. The average Bonchev–Trinajstić information content (AvgIpc) is 3.18. The highest BCUT2D eigenvalue weighted by molar-refractivity contribution is 5.85. The molecule has 0 amide bonds. The molecule has 1 heterocycles. The van der Waals surface area contributed by atoms with Crippen molar-refractivity contribution >= 4 is 11.7 Å². The van der Waals surface area contributed by atoms with Crippen molar-refractivity contribution in [2.75, 3.05) is 0 Å². The molecule has 1 N–H and O–H groups in total. The van der Waals surface area contributed by atoms with Crippen molar-refractivity contribution in [3.63, 3.8) is 0 Å². The summed E-state index contributed by atoms with van der Waals surface area (Å²) in [6.07, 6.45) is 1.97. The lowest BCUT2D eigenvalue weighted by Gasteiger charge is -2.09. The van der Waals surface area contributed by atoms with Gasteiger partial charge in [0.05, 0.1) is 10.6 Å². The number of nitro benzene ring substituents is 1. The molecule has 1 aromatic carbocycles. The second-order valence-electron chi connectivity index (χ2n) is 5.17. The first-order valence-electron chi connectivity index (χ1n) is 6.56. The van der Waals surface area contributed by atoms with Crippen molar-refractivity contribution < 1.29 is 14.8 Å². The number of carboxylic acid groups (broad SMARTS) is 1. The minimum Gasteiger partial charge on any atom is -0.476 e. The van der Waals surface area contributed by atoms with Gasteiger partial charge >= 0.3 is 5.97 Å². The highest BCUT2D eigenvalue weighted by atomic mass is 16.6. The van der Waals surface area contributed by atoms with Crippen LogP contribution in [0.4, 0.5) is 5.69 Å². The van der Waals surface area contributed by atoms with Crippen LogP contribution in [0.2, 0.25) is 0 Å². The van der Waals surface area contributed by atoms with Gasteiger partial charge in [0, 0.05) is 23.7 Å². The Morgan fingerprint density at radius 2 is 2.14 bits per heavy atom. The highest BCUT2D eigenvalue weighted by Gasteiger charge is 2.30. The van der Waals surface area contributed by atoms with Crippen LogP contribution in [0.15, 0.2) is 24.3 Å². The molecule has 21 heavy (non-hydrogen) atoms. The third kappa shape index (κ3) is 2.37. The monoisotopic (exact) mass is 287 g/mol. The summed E-state index contributed by atoms with van der Waals surface area (Å²) in [7, 11) is 0. The first-order valence-corrected chi connectivity index (χ1v) is 6.56. The lowest BCUT2D eigenvalue weighted by Crippen LogP contribution is -2.05. The van der Waals surface area contributed by atoms with Crippen LogP contribution < -0.4 is 0 Å². The Morgan fingerprint density at radius 3 is 2.71 bits per heavy atom. The average molecular weight is 287 g/mol. The van der Waals surface area contributed by atoms with Crippen molar-refractivity contribution in [2.45, 2.75) is 25.7 Å². The molecule has 1 saturated carbocycles. The molecule has 0 aliphatic heterocycles. The van der Waals surface area contributed by atoms with Gasteiger partial charge in [0.15, 0.2) is 5.69 Å². The van der Waals surface area contributed by atoms with E-state index in [2.05, 4.69) is 5.10 Å². The molecule has 2 aromatic rings. The van der Waals surface area contributed by atoms with Gasteiger partial charge in [-0.05, 0) is 31.4 Å². The molecule has 0 atom stereocenters. The number of hydrogen-bond acceptors (Lipinski definition) is 4. The van der Waals surface area contributed by atoms with E-state index in [4.69, 9.17) is 5.11 Å². The van der Waals surface area contributed by atoms with Crippen molar-refractivity contribution in [1.29, 1.82) is 0 Å². The van der Waals surface area contributed by atoms with E-state index in [0.29, 0.717) is 5.69 Å². The molecule has 0 spiro atoms. The van der Waals surface area contributed by atoms with Gasteiger partial charge in [-0.2, -0.15) is 5.10 Å². The van der Waals surface area contributed by atoms with Gasteiger partial charge in [-0.15, -0.1) is 0 Å². The standard InChI is InChI=1S/C14H13N3O4/c1-8-2-5-10(17(20)21)6-12(8)16-13(9-3-4-9)7-11(15-16)14(18)19/h2,5-7,9H,3-4H2,1H3,(H,18,19). The predicted octanol–water partition coefficient (Wildman–Crippen LogP) is 2.66. The highest BCUT2D eigenvalue weighted by Crippen LogP contribution is 2.41. The van der Waals surface area contributed by atoms with E-state index in [-0.39, 0.29) is 17.3 Å². The zero-order valence-corrected chi connectivity index (χ0v) is 11.3. The third-order valence-corrected chi connectivity index (χ3v) is 3.58. The van der Waals surface area contributed by atoms with Crippen LogP contribution in [-0.2, 0) is 0 Å². The summed E-state index contributed by atoms with van der Waals surface area (Å²) >= 11 is 0. The fraction of sp³-hybridized carbons (Fsp3) is 0.286. The van der Waals surface area contributed by atoms with Gasteiger partial charge in [0.25, 0.3) is 5.69 Å². The molecule has 0 saturated heterocycles. The van der Waals surface area contributed by atoms with Crippen molar-refractivity contribution in [1.82, 2.24) is 9.78 Å². The molecule has 0 unspecified atom stereocenters. The maximum absolute atomic E-state index is 11.1. The molecule has 108 valence electrons. The van der Waals surface area contributed by atoms with Crippen molar-refractivity contribution in [3.05, 3.63) is 51.3 Å². The van der Waals surface area contributed by atoms with Crippen LogP contribution in [0, 0.1) is 17.0 Å². The van der Waals surface area contributed by atoms with Crippen LogP contribution in [0.5, 0.6) is 0 Å². The van der Waals surface area contributed by atoms with Crippen LogP contribution in [0.3, 0.4) is 0 Å². The second kappa shape index (κ2) is 4.69. The van der Waals surface area contributed by atoms with Gasteiger partial charge in [-0.25, -0.2) is 9.48 Å². The minimum atomic E-state index is -1.10. The lowest BCUT2D eigenvalue weighted by atomic mass is 10.1. The van der Waals surface area contributed by atoms with E-state index < -0.39 is 10.9 Å². The zero-order valence-electron chi connectivity index (χ0n) is 11.3. The van der Waals surface area contributed by atoms with E-state index in [1.54, 1.807) is 12.1 Å². The summed E-state index contributed by atoms with van der Waals surface area (Å²) in [5, 5.41) is 24.1. The van der Waals surface area contributed by atoms with Gasteiger partial charge < -0.3 is 5.11 Å². The third-order valence-electron chi connectivity index (χ3n) is 3.58. The summed E-state index contributed by atoms with van der Waals surface area (Å²) in [6, 6.07) is 6.06. The molecular formula is C14H13N3O4. The number of hydrogen-bond donors (Lipinski definition) is 1. The summed E-state index contributed by atoms with van der Waals surface area (Å²) in [5.74, 6) is -0.817. The number of non-ortho nitro benzene ring substituents is 1. The van der Waals surface area contributed by atoms with Gasteiger partial charge in [0.1, 0.15) is 0 Å². The number of aryl methyl sites for hydroxylation is 1. The summed E-state index contributed by atoms with van der Waals surface area (Å²) in [4.78, 5) is 21.6. The molecule has 1 aromatic heterocycles. The van der Waals surface area contributed by atoms with Crippen LogP contribution >= 0.6 is 0 Å². The fourth-order valence-electron chi connectivity index (χ4n) is 2.30. The van der Waals surface area contributed by atoms with Crippen molar-refractivity contribution in [2.24, 2.45) is 0 Å². The molecule has 1 aliphatic carbocycles. The minimum absolute atomic E-state index is 0.0373. The largest absolute Gasteiger partial charge is 0.476 e. The first kappa shape index (κ1) is 13.3. The smallest absolute Gasteiger partial charge is 0.356 e. The van der Waals surface area contributed by atoms with E-state index in [1.165, 1.54) is 16.8 Å². The van der Waals surface area contributed by atoms with Gasteiger partial charge in [-0.3, -0.25) is 10.1 Å². The molecule has 0 bridgehead atoms. The number of aromatic nitrogens is 2. The quantitative estimate of drug-likeness (QED) is 0.688. The van der Waals surface area contributed by atoms with E-state index in [9.17, 15) is 14.9 Å². The zero-order chi connectivity index (χ0) is 15.1. The van der Waals surface area contributed by atoms with E-state index in [1.807, 2.05) is 6.92 Å². The molecule has 1 fully saturated rings. The van der Waals surface area contributed by atoms with Crippen LogP contribution in [-0.4, -0.2) is 25.8 Å². The maximum Gasteiger partial charge on any atom is 0.356 e.